The molecule has 0 bridgehead atoms. The molecule has 0 radical (unpaired) electrons. The van der Waals surface area contributed by atoms with Crippen LogP contribution in [-0.4, -0.2) is 26.6 Å². The van der Waals surface area contributed by atoms with Gasteiger partial charge in [-0.2, -0.15) is 0 Å². The topological polar surface area (TPSA) is 35.5 Å². The molecule has 0 aromatic heterocycles. The molecule has 0 saturated heterocycles. The summed E-state index contributed by atoms with van der Waals surface area (Å²) in [5, 5.41) is 0. The molecular formula is C12H14O3. The number of hydrogen-bond donors (Lipinski definition) is 0. The van der Waals surface area contributed by atoms with Gasteiger partial charge in [-0.15, -0.1) is 0 Å². The van der Waals surface area contributed by atoms with Crippen LogP contribution in [0.1, 0.15) is 5.56 Å². The fraction of sp³-hybridized carbons (Fsp3) is 0.250. The molecule has 1 aromatic carbocycles. The van der Waals surface area contributed by atoms with E-state index in [1.54, 1.807) is 13.2 Å². The minimum atomic E-state index is 0.525. The van der Waals surface area contributed by atoms with E-state index in [4.69, 9.17) is 9.47 Å². The van der Waals surface area contributed by atoms with Gasteiger partial charge in [0.1, 0.15) is 18.6 Å². The molecule has 1 rings (SSSR count). The van der Waals surface area contributed by atoms with Crippen molar-refractivity contribution in [3.8, 4) is 5.75 Å². The molecule has 1 aromatic rings. The van der Waals surface area contributed by atoms with Crippen molar-refractivity contribution in [1.29, 1.82) is 0 Å². The van der Waals surface area contributed by atoms with Gasteiger partial charge in [-0.3, -0.25) is 4.79 Å². The standard InChI is InChI=1S/C12H14O3/c1-14-8-9-15-12-6-2-4-11(10-12)5-3-7-13/h2-7,10H,8-9H2,1H3. The minimum absolute atomic E-state index is 0.525. The van der Waals surface area contributed by atoms with Crippen molar-refractivity contribution in [1.82, 2.24) is 0 Å². The monoisotopic (exact) mass is 206 g/mol. The van der Waals surface area contributed by atoms with Gasteiger partial charge >= 0.3 is 0 Å². The molecule has 15 heavy (non-hydrogen) atoms. The molecule has 0 aliphatic carbocycles. The molecule has 0 fully saturated rings. The minimum Gasteiger partial charge on any atom is -0.491 e. The second-order valence-electron chi connectivity index (χ2n) is 2.91. The summed E-state index contributed by atoms with van der Waals surface area (Å²) in [6, 6.07) is 7.53. The maximum Gasteiger partial charge on any atom is 0.142 e. The van der Waals surface area contributed by atoms with Crippen LogP contribution in [0.25, 0.3) is 6.08 Å². The first-order valence-electron chi connectivity index (χ1n) is 4.70. The van der Waals surface area contributed by atoms with E-state index in [-0.39, 0.29) is 0 Å². The number of allylic oxidation sites excluding steroid dienone is 1. The zero-order chi connectivity index (χ0) is 10.9. The van der Waals surface area contributed by atoms with Crippen LogP contribution in [0.2, 0.25) is 0 Å². The zero-order valence-corrected chi connectivity index (χ0v) is 8.68. The van der Waals surface area contributed by atoms with E-state index >= 15 is 0 Å². The second kappa shape index (κ2) is 6.79. The Morgan fingerprint density at radius 3 is 2.93 bits per heavy atom. The van der Waals surface area contributed by atoms with Crippen LogP contribution < -0.4 is 4.74 Å². The van der Waals surface area contributed by atoms with Crippen molar-refractivity contribution in [3.63, 3.8) is 0 Å². The number of benzene rings is 1. The third-order valence-corrected chi connectivity index (χ3v) is 1.78. The molecule has 3 heteroatoms. The SMILES string of the molecule is COCCOc1cccc(C=CC=O)c1. The number of rotatable bonds is 6. The predicted octanol–water partition coefficient (Wildman–Crippen LogP) is 1.92. The van der Waals surface area contributed by atoms with Gasteiger partial charge in [0.15, 0.2) is 0 Å². The summed E-state index contributed by atoms with van der Waals surface area (Å²) in [5.74, 6) is 0.778. The predicted molar refractivity (Wildman–Crippen MR) is 58.9 cm³/mol. The largest absolute Gasteiger partial charge is 0.491 e. The average molecular weight is 206 g/mol. The fourth-order valence-corrected chi connectivity index (χ4v) is 1.10. The van der Waals surface area contributed by atoms with Crippen molar-refractivity contribution in [2.45, 2.75) is 0 Å². The van der Waals surface area contributed by atoms with E-state index < -0.39 is 0 Å². The van der Waals surface area contributed by atoms with E-state index in [2.05, 4.69) is 0 Å². The van der Waals surface area contributed by atoms with Crippen molar-refractivity contribution in [2.75, 3.05) is 20.3 Å². The molecule has 0 aliphatic rings. The van der Waals surface area contributed by atoms with Gasteiger partial charge in [-0.05, 0) is 23.8 Å². The Balaban J connectivity index is 2.57. The molecule has 0 aliphatic heterocycles. The van der Waals surface area contributed by atoms with Crippen LogP contribution in [0.4, 0.5) is 0 Å². The lowest BCUT2D eigenvalue weighted by molar-refractivity contribution is -0.104. The molecular weight excluding hydrogens is 192 g/mol. The van der Waals surface area contributed by atoms with Gasteiger partial charge in [0.25, 0.3) is 0 Å². The third-order valence-electron chi connectivity index (χ3n) is 1.78. The van der Waals surface area contributed by atoms with Gasteiger partial charge in [-0.25, -0.2) is 0 Å². The van der Waals surface area contributed by atoms with Gasteiger partial charge in [-0.1, -0.05) is 18.2 Å². The molecule has 0 atom stereocenters. The molecule has 0 unspecified atom stereocenters. The van der Waals surface area contributed by atoms with E-state index in [0.29, 0.717) is 13.2 Å². The van der Waals surface area contributed by atoms with Crippen LogP contribution in [0.5, 0.6) is 5.75 Å². The normalized spacial score (nSPS) is 10.5. The quantitative estimate of drug-likeness (QED) is 0.405. The summed E-state index contributed by atoms with van der Waals surface area (Å²) in [7, 11) is 1.63. The van der Waals surface area contributed by atoms with E-state index in [0.717, 1.165) is 17.6 Å². The maximum atomic E-state index is 10.1. The molecule has 0 amide bonds. The number of methoxy groups -OCH3 is 1. The Morgan fingerprint density at radius 1 is 1.33 bits per heavy atom. The summed E-state index contributed by atoms with van der Waals surface area (Å²) >= 11 is 0. The van der Waals surface area contributed by atoms with E-state index in [9.17, 15) is 4.79 Å². The van der Waals surface area contributed by atoms with Crippen LogP contribution in [0, 0.1) is 0 Å². The smallest absolute Gasteiger partial charge is 0.142 e. The summed E-state index contributed by atoms with van der Waals surface area (Å²) in [5.41, 5.74) is 0.942. The summed E-state index contributed by atoms with van der Waals surface area (Å²) in [6.07, 6.45) is 3.93. The lowest BCUT2D eigenvalue weighted by atomic mass is 10.2. The summed E-state index contributed by atoms with van der Waals surface area (Å²) in [6.45, 7) is 1.09. The maximum absolute atomic E-state index is 10.1. The first-order valence-corrected chi connectivity index (χ1v) is 4.70. The fourth-order valence-electron chi connectivity index (χ4n) is 1.10. The third kappa shape index (κ3) is 4.42. The zero-order valence-electron chi connectivity index (χ0n) is 8.68. The Labute approximate surface area is 89.3 Å². The number of carbonyl (C=O) groups excluding carboxylic acids is 1. The van der Waals surface area contributed by atoms with Crippen molar-refractivity contribution in [3.05, 3.63) is 35.9 Å². The molecule has 0 spiro atoms. The van der Waals surface area contributed by atoms with Crippen molar-refractivity contribution < 1.29 is 14.3 Å². The Hall–Kier alpha value is -1.61. The Morgan fingerprint density at radius 2 is 2.20 bits per heavy atom. The number of ether oxygens (including phenoxy) is 2. The highest BCUT2D eigenvalue weighted by Gasteiger charge is 1.93. The molecule has 80 valence electrons. The first-order chi connectivity index (χ1) is 7.36. The Bertz CT molecular complexity index is 331. The van der Waals surface area contributed by atoms with Crippen LogP contribution in [0.3, 0.4) is 0 Å². The lowest BCUT2D eigenvalue weighted by Crippen LogP contribution is -2.04. The molecule has 3 nitrogen and oxygen atoms in total. The highest BCUT2D eigenvalue weighted by atomic mass is 16.5. The second-order valence-corrected chi connectivity index (χ2v) is 2.91. The van der Waals surface area contributed by atoms with E-state index in [1.165, 1.54) is 6.08 Å². The van der Waals surface area contributed by atoms with Gasteiger partial charge in [0.2, 0.25) is 0 Å². The van der Waals surface area contributed by atoms with Gasteiger partial charge in [0, 0.05) is 7.11 Å². The average Bonchev–Trinajstić information content (AvgIpc) is 2.27. The van der Waals surface area contributed by atoms with Crippen LogP contribution >= 0.6 is 0 Å². The summed E-state index contributed by atoms with van der Waals surface area (Å²) in [4.78, 5) is 10.1. The first kappa shape index (κ1) is 11.5. The molecule has 0 heterocycles. The molecule has 0 N–H and O–H groups in total. The van der Waals surface area contributed by atoms with Crippen LogP contribution in [0.15, 0.2) is 30.3 Å². The number of aldehydes is 1. The number of carbonyl (C=O) groups is 1. The lowest BCUT2D eigenvalue weighted by Gasteiger charge is -2.05. The molecule has 0 saturated carbocycles. The van der Waals surface area contributed by atoms with Crippen LogP contribution in [-0.2, 0) is 9.53 Å². The highest BCUT2D eigenvalue weighted by molar-refractivity contribution is 5.74. The van der Waals surface area contributed by atoms with Crippen molar-refractivity contribution in [2.24, 2.45) is 0 Å². The van der Waals surface area contributed by atoms with E-state index in [1.807, 2.05) is 24.3 Å². The summed E-state index contributed by atoms with van der Waals surface area (Å²) < 4.78 is 10.3. The van der Waals surface area contributed by atoms with Gasteiger partial charge < -0.3 is 9.47 Å². The highest BCUT2D eigenvalue weighted by Crippen LogP contribution is 2.14. The van der Waals surface area contributed by atoms with Gasteiger partial charge in [0.05, 0.1) is 6.61 Å². The van der Waals surface area contributed by atoms with Crippen molar-refractivity contribution >= 4 is 12.4 Å². The number of hydrogen-bond acceptors (Lipinski definition) is 3. The Kier molecular flexibility index (Phi) is 5.19.